The minimum Gasteiger partial charge on any atom is -0.486 e. The van der Waals surface area contributed by atoms with Gasteiger partial charge in [-0.15, -0.1) is 36.2 Å². The Bertz CT molecular complexity index is 621. The molecule has 0 saturated carbocycles. The molecule has 0 aliphatic heterocycles. The number of hydrogen-bond donors (Lipinski definition) is 2. The van der Waals surface area contributed by atoms with Gasteiger partial charge < -0.3 is 15.8 Å². The summed E-state index contributed by atoms with van der Waals surface area (Å²) in [6.45, 7) is 3.79. The van der Waals surface area contributed by atoms with Crippen LogP contribution in [0.4, 0.5) is 0 Å². The number of benzene rings is 1. The van der Waals surface area contributed by atoms with Crippen LogP contribution in [0, 0.1) is 6.92 Å². The van der Waals surface area contributed by atoms with Gasteiger partial charge in [-0.3, -0.25) is 4.79 Å². The van der Waals surface area contributed by atoms with E-state index in [4.69, 9.17) is 10.5 Å². The minimum atomic E-state index is -0.00155. The largest absolute Gasteiger partial charge is 0.486 e. The molecule has 0 spiro atoms. The maximum absolute atomic E-state index is 11.8. The van der Waals surface area contributed by atoms with Crippen LogP contribution in [0.3, 0.4) is 0 Å². The molecule has 0 bridgehead atoms. The Balaban J connectivity index is 0.00000288. The Morgan fingerprint density at radius 1 is 1.24 bits per heavy atom. The molecule has 0 aliphatic rings. The zero-order valence-corrected chi connectivity index (χ0v) is 16.6. The van der Waals surface area contributed by atoms with E-state index in [-0.39, 0.29) is 30.7 Å². The van der Waals surface area contributed by atoms with Crippen LogP contribution in [0.25, 0.3) is 0 Å². The first-order chi connectivity index (χ1) is 11.2. The lowest BCUT2D eigenvalue weighted by Gasteiger charge is -2.04. The van der Waals surface area contributed by atoms with Gasteiger partial charge >= 0.3 is 0 Å². The SMILES string of the molecule is Cc1ccc(OCc2nc(CC(=O)NCCCCN)cs2)cc1.Cl.Cl. The molecule has 1 amide bonds. The third-order valence-corrected chi connectivity index (χ3v) is 4.15. The van der Waals surface area contributed by atoms with E-state index in [1.54, 1.807) is 0 Å². The molecule has 25 heavy (non-hydrogen) atoms. The molecule has 1 aromatic carbocycles. The molecule has 0 radical (unpaired) electrons. The normalized spacial score (nSPS) is 9.68. The van der Waals surface area contributed by atoms with Crippen molar-refractivity contribution < 1.29 is 9.53 Å². The van der Waals surface area contributed by atoms with E-state index in [0.29, 0.717) is 26.1 Å². The lowest BCUT2D eigenvalue weighted by Crippen LogP contribution is -2.26. The fourth-order valence-electron chi connectivity index (χ4n) is 2.00. The summed E-state index contributed by atoms with van der Waals surface area (Å²) >= 11 is 1.51. The van der Waals surface area contributed by atoms with Gasteiger partial charge in [0.1, 0.15) is 17.4 Å². The van der Waals surface area contributed by atoms with Crippen LogP contribution in [0.2, 0.25) is 0 Å². The summed E-state index contributed by atoms with van der Waals surface area (Å²) in [6.07, 6.45) is 2.15. The maximum Gasteiger partial charge on any atom is 0.226 e. The van der Waals surface area contributed by atoms with E-state index in [1.807, 2.05) is 36.6 Å². The second-order valence-corrected chi connectivity index (χ2v) is 6.30. The van der Waals surface area contributed by atoms with Crippen LogP contribution in [-0.2, 0) is 17.8 Å². The molecule has 2 rings (SSSR count). The number of aromatic nitrogens is 1. The molecule has 0 aliphatic carbocycles. The predicted octanol–water partition coefficient (Wildman–Crippen LogP) is 3.27. The number of halogens is 2. The van der Waals surface area contributed by atoms with E-state index < -0.39 is 0 Å². The van der Waals surface area contributed by atoms with E-state index in [0.717, 1.165) is 29.3 Å². The lowest BCUT2D eigenvalue weighted by atomic mass is 10.2. The second-order valence-electron chi connectivity index (χ2n) is 5.36. The van der Waals surface area contributed by atoms with E-state index >= 15 is 0 Å². The highest BCUT2D eigenvalue weighted by molar-refractivity contribution is 7.09. The summed E-state index contributed by atoms with van der Waals surface area (Å²) in [5.74, 6) is 0.823. The summed E-state index contributed by atoms with van der Waals surface area (Å²) in [6, 6.07) is 7.91. The van der Waals surface area contributed by atoms with Crippen molar-refractivity contribution in [1.29, 1.82) is 0 Å². The first-order valence-corrected chi connectivity index (χ1v) is 8.65. The molecular weight excluding hydrogens is 381 g/mol. The van der Waals surface area contributed by atoms with Crippen molar-refractivity contribution in [2.24, 2.45) is 5.73 Å². The monoisotopic (exact) mass is 405 g/mol. The highest BCUT2D eigenvalue weighted by Crippen LogP contribution is 2.16. The average Bonchev–Trinajstić information content (AvgIpc) is 2.98. The number of hydrogen-bond acceptors (Lipinski definition) is 5. The van der Waals surface area contributed by atoms with Crippen LogP contribution in [0.15, 0.2) is 29.6 Å². The molecule has 140 valence electrons. The van der Waals surface area contributed by atoms with Gasteiger partial charge in [0, 0.05) is 11.9 Å². The second kappa shape index (κ2) is 12.9. The summed E-state index contributed by atoms with van der Waals surface area (Å²) in [4.78, 5) is 16.2. The fraction of sp³-hybridized carbons (Fsp3) is 0.412. The van der Waals surface area contributed by atoms with Crippen LogP contribution < -0.4 is 15.8 Å². The number of rotatable bonds is 9. The van der Waals surface area contributed by atoms with Gasteiger partial charge in [-0.2, -0.15) is 0 Å². The minimum absolute atomic E-state index is 0. The van der Waals surface area contributed by atoms with Crippen molar-refractivity contribution >= 4 is 42.1 Å². The number of carbonyl (C=O) groups is 1. The number of aryl methyl sites for hydroxylation is 1. The number of nitrogens with zero attached hydrogens (tertiary/aromatic N) is 1. The average molecular weight is 406 g/mol. The third-order valence-electron chi connectivity index (χ3n) is 3.28. The van der Waals surface area contributed by atoms with Crippen LogP contribution >= 0.6 is 36.2 Å². The summed E-state index contributed by atoms with van der Waals surface area (Å²) in [7, 11) is 0. The Kier molecular flexibility index (Phi) is 12.2. The van der Waals surface area contributed by atoms with Crippen LogP contribution in [0.5, 0.6) is 5.75 Å². The molecule has 0 atom stereocenters. The predicted molar refractivity (Wildman–Crippen MR) is 107 cm³/mol. The van der Waals surface area contributed by atoms with Gasteiger partial charge in [-0.05, 0) is 38.4 Å². The van der Waals surface area contributed by atoms with Crippen molar-refractivity contribution in [1.82, 2.24) is 10.3 Å². The Hall–Kier alpha value is -1.34. The van der Waals surface area contributed by atoms with Gasteiger partial charge in [-0.25, -0.2) is 4.98 Å². The molecule has 0 unspecified atom stereocenters. The number of nitrogens with one attached hydrogen (secondary N) is 1. The maximum atomic E-state index is 11.8. The molecule has 2 aromatic rings. The Morgan fingerprint density at radius 3 is 2.64 bits per heavy atom. The van der Waals surface area contributed by atoms with E-state index in [1.165, 1.54) is 16.9 Å². The summed E-state index contributed by atoms with van der Waals surface area (Å²) in [5, 5.41) is 5.66. The number of carbonyl (C=O) groups excluding carboxylic acids is 1. The zero-order valence-electron chi connectivity index (χ0n) is 14.2. The van der Waals surface area contributed by atoms with Crippen molar-refractivity contribution in [2.45, 2.75) is 32.8 Å². The first-order valence-electron chi connectivity index (χ1n) is 7.77. The highest BCUT2D eigenvalue weighted by atomic mass is 35.5. The molecule has 0 saturated heterocycles. The molecule has 1 heterocycles. The van der Waals surface area contributed by atoms with Gasteiger partial charge in [0.25, 0.3) is 0 Å². The lowest BCUT2D eigenvalue weighted by molar-refractivity contribution is -0.120. The molecule has 5 nitrogen and oxygen atoms in total. The van der Waals surface area contributed by atoms with Gasteiger partial charge in [-0.1, -0.05) is 17.7 Å². The topological polar surface area (TPSA) is 77.2 Å². The van der Waals surface area contributed by atoms with Crippen molar-refractivity contribution in [3.8, 4) is 5.75 Å². The first kappa shape index (κ1) is 23.7. The molecule has 8 heteroatoms. The number of amides is 1. The van der Waals surface area contributed by atoms with Gasteiger partial charge in [0.05, 0.1) is 12.1 Å². The van der Waals surface area contributed by atoms with Crippen molar-refractivity contribution in [3.05, 3.63) is 45.9 Å². The molecule has 1 aromatic heterocycles. The number of thiazole rings is 1. The van der Waals surface area contributed by atoms with Crippen molar-refractivity contribution in [3.63, 3.8) is 0 Å². The zero-order chi connectivity index (χ0) is 16.5. The molecule has 0 fully saturated rings. The van der Waals surface area contributed by atoms with Crippen LogP contribution in [0.1, 0.15) is 29.1 Å². The molecular formula is C17H25Cl2N3O2S. The van der Waals surface area contributed by atoms with Crippen molar-refractivity contribution in [2.75, 3.05) is 13.1 Å². The van der Waals surface area contributed by atoms with Gasteiger partial charge in [0.2, 0.25) is 5.91 Å². The summed E-state index contributed by atoms with van der Waals surface area (Å²) in [5.41, 5.74) is 7.40. The number of unbranched alkanes of at least 4 members (excludes halogenated alkanes) is 1. The highest BCUT2D eigenvalue weighted by Gasteiger charge is 2.08. The number of ether oxygens (including phenoxy) is 1. The smallest absolute Gasteiger partial charge is 0.226 e. The van der Waals surface area contributed by atoms with E-state index in [9.17, 15) is 4.79 Å². The number of nitrogens with two attached hydrogens (primary N) is 1. The fourth-order valence-corrected chi connectivity index (χ4v) is 2.71. The quantitative estimate of drug-likeness (QED) is 0.627. The van der Waals surface area contributed by atoms with Crippen LogP contribution in [-0.4, -0.2) is 24.0 Å². The third kappa shape index (κ3) is 9.07. The standard InChI is InChI=1S/C17H23N3O2S.2ClH/c1-13-4-6-15(7-5-13)22-11-17-20-14(12-23-17)10-16(21)19-9-3-2-8-18;;/h4-7,12H,2-3,8-11,18H2,1H3,(H,19,21);2*1H. The molecule has 3 N–H and O–H groups in total. The Morgan fingerprint density at radius 2 is 1.96 bits per heavy atom. The summed E-state index contributed by atoms with van der Waals surface area (Å²) < 4.78 is 5.69. The van der Waals surface area contributed by atoms with E-state index in [2.05, 4.69) is 10.3 Å². The van der Waals surface area contributed by atoms with Gasteiger partial charge in [0.15, 0.2) is 0 Å². The Labute approximate surface area is 165 Å².